The fourth-order valence-electron chi connectivity index (χ4n) is 3.45. The molecule has 10 heteroatoms. The van der Waals surface area contributed by atoms with Crippen LogP contribution in [0.5, 0.6) is 11.6 Å². The number of fused-ring (bicyclic) bond motifs is 2. The number of benzene rings is 3. The van der Waals surface area contributed by atoms with Gasteiger partial charge >= 0.3 is 5.91 Å². The molecule has 0 saturated heterocycles. The number of carbonyl (C=O) groups is 1. The van der Waals surface area contributed by atoms with E-state index in [2.05, 4.69) is 41.1 Å². The SMILES string of the molecule is O=C(COc1ccc(-c2nc3ccccc3c(=O)[nH]2)cc1)N=Nc1c(O)[nH]c2ccc(Br)cc12. The maximum absolute atomic E-state index is 12.3. The van der Waals surface area contributed by atoms with Gasteiger partial charge in [0.1, 0.15) is 11.6 Å². The molecule has 0 aliphatic rings. The lowest BCUT2D eigenvalue weighted by Crippen LogP contribution is -2.09. The summed E-state index contributed by atoms with van der Waals surface area (Å²) in [5.74, 6) is 0.0782. The van der Waals surface area contributed by atoms with Crippen molar-refractivity contribution in [1.82, 2.24) is 15.0 Å². The van der Waals surface area contributed by atoms with Crippen LogP contribution in [0.2, 0.25) is 0 Å². The molecule has 168 valence electrons. The number of carbonyl (C=O) groups excluding carboxylic acids is 1. The number of aromatic nitrogens is 3. The molecule has 3 N–H and O–H groups in total. The summed E-state index contributed by atoms with van der Waals surface area (Å²) in [6.45, 7) is -0.333. The first-order valence-electron chi connectivity index (χ1n) is 10.1. The lowest BCUT2D eigenvalue weighted by atomic mass is 10.2. The summed E-state index contributed by atoms with van der Waals surface area (Å²) in [6, 6.07) is 19.3. The summed E-state index contributed by atoms with van der Waals surface area (Å²) in [5, 5.41) is 18.7. The standard InChI is InChI=1S/C24H16BrN5O4/c25-14-7-10-19-17(11-14)21(24(33)27-19)30-29-20(31)12-34-15-8-5-13(6-9-15)22-26-18-4-2-1-3-16(18)23(32)28-22/h1-11,27,33H,12H2,(H,26,28,32). The summed E-state index contributed by atoms with van der Waals surface area (Å²) in [4.78, 5) is 34.5. The zero-order valence-electron chi connectivity index (χ0n) is 17.4. The quantitative estimate of drug-likeness (QED) is 0.274. The molecule has 0 saturated carbocycles. The van der Waals surface area contributed by atoms with Crippen molar-refractivity contribution < 1.29 is 14.6 Å². The molecule has 0 aliphatic heterocycles. The van der Waals surface area contributed by atoms with Gasteiger partial charge in [0.15, 0.2) is 12.3 Å². The third-order valence-electron chi connectivity index (χ3n) is 5.08. The molecule has 0 atom stereocenters. The number of hydrogen-bond donors (Lipinski definition) is 3. The number of H-pyrrole nitrogens is 2. The second kappa shape index (κ2) is 8.91. The molecule has 0 fully saturated rings. The van der Waals surface area contributed by atoms with Gasteiger partial charge < -0.3 is 19.8 Å². The van der Waals surface area contributed by atoms with E-state index in [9.17, 15) is 14.7 Å². The minimum absolute atomic E-state index is 0.172. The van der Waals surface area contributed by atoms with Crippen molar-refractivity contribution >= 4 is 49.3 Å². The first-order chi connectivity index (χ1) is 16.5. The van der Waals surface area contributed by atoms with Crippen molar-refractivity contribution in [3.8, 4) is 23.0 Å². The molecule has 2 heterocycles. The van der Waals surface area contributed by atoms with Crippen LogP contribution in [-0.2, 0) is 4.79 Å². The normalized spacial score (nSPS) is 11.4. The highest BCUT2D eigenvalue weighted by atomic mass is 79.9. The summed E-state index contributed by atoms with van der Waals surface area (Å²) in [5.41, 5.74) is 1.92. The summed E-state index contributed by atoms with van der Waals surface area (Å²) in [6.07, 6.45) is 0. The number of ether oxygens (including phenoxy) is 1. The van der Waals surface area contributed by atoms with Crippen LogP contribution >= 0.6 is 15.9 Å². The average Bonchev–Trinajstić information content (AvgIpc) is 3.15. The predicted molar refractivity (Wildman–Crippen MR) is 130 cm³/mol. The molecule has 2 aromatic heterocycles. The Morgan fingerprint density at radius 2 is 1.82 bits per heavy atom. The zero-order valence-corrected chi connectivity index (χ0v) is 19.0. The van der Waals surface area contributed by atoms with Gasteiger partial charge in [0.05, 0.1) is 16.4 Å². The van der Waals surface area contributed by atoms with Gasteiger partial charge in [-0.25, -0.2) is 4.98 Å². The Morgan fingerprint density at radius 1 is 1.03 bits per heavy atom. The molecule has 34 heavy (non-hydrogen) atoms. The molecule has 0 bridgehead atoms. The van der Waals surface area contributed by atoms with Gasteiger partial charge in [0.25, 0.3) is 5.56 Å². The number of nitrogens with zero attached hydrogens (tertiary/aromatic N) is 3. The Labute approximate surface area is 200 Å². The largest absolute Gasteiger partial charge is 0.493 e. The predicted octanol–water partition coefficient (Wildman–Crippen LogP) is 5.23. The highest BCUT2D eigenvalue weighted by Crippen LogP contribution is 2.36. The topological polar surface area (TPSA) is 133 Å². The van der Waals surface area contributed by atoms with E-state index in [4.69, 9.17) is 4.74 Å². The maximum atomic E-state index is 12.3. The number of aromatic hydroxyl groups is 1. The zero-order chi connectivity index (χ0) is 23.7. The Hall–Kier alpha value is -4.31. The molecule has 3 aromatic carbocycles. The Bertz CT molecular complexity index is 1620. The van der Waals surface area contributed by atoms with Gasteiger partial charge in [-0.1, -0.05) is 28.1 Å². The minimum atomic E-state index is -0.617. The van der Waals surface area contributed by atoms with Gasteiger partial charge in [0, 0.05) is 15.4 Å². The van der Waals surface area contributed by atoms with Crippen LogP contribution in [0.25, 0.3) is 33.2 Å². The number of para-hydroxylation sites is 1. The van der Waals surface area contributed by atoms with Crippen molar-refractivity contribution in [2.75, 3.05) is 6.61 Å². The van der Waals surface area contributed by atoms with Gasteiger partial charge in [-0.3, -0.25) is 9.59 Å². The molecule has 0 unspecified atom stereocenters. The van der Waals surface area contributed by atoms with Crippen LogP contribution < -0.4 is 10.3 Å². The fourth-order valence-corrected chi connectivity index (χ4v) is 3.81. The van der Waals surface area contributed by atoms with Gasteiger partial charge in [-0.2, -0.15) is 0 Å². The van der Waals surface area contributed by atoms with E-state index >= 15 is 0 Å². The minimum Gasteiger partial charge on any atom is -0.493 e. The second-order valence-electron chi connectivity index (χ2n) is 7.35. The fraction of sp³-hybridized carbons (Fsp3) is 0.0417. The molecule has 5 rings (SSSR count). The van der Waals surface area contributed by atoms with E-state index in [1.54, 1.807) is 54.6 Å². The second-order valence-corrected chi connectivity index (χ2v) is 8.27. The Kier molecular flexibility index (Phi) is 5.64. The molecule has 0 radical (unpaired) electrons. The van der Waals surface area contributed by atoms with Gasteiger partial charge in [-0.05, 0) is 54.6 Å². The highest BCUT2D eigenvalue weighted by molar-refractivity contribution is 9.10. The lowest BCUT2D eigenvalue weighted by molar-refractivity contribution is -0.120. The lowest BCUT2D eigenvalue weighted by Gasteiger charge is -2.06. The van der Waals surface area contributed by atoms with Crippen LogP contribution in [-0.4, -0.2) is 32.6 Å². The highest BCUT2D eigenvalue weighted by Gasteiger charge is 2.12. The number of nitrogens with one attached hydrogen (secondary N) is 2. The molecule has 0 spiro atoms. The van der Waals surface area contributed by atoms with Crippen molar-refractivity contribution in [3.63, 3.8) is 0 Å². The van der Waals surface area contributed by atoms with Crippen LogP contribution in [0, 0.1) is 0 Å². The summed E-state index contributed by atoms with van der Waals surface area (Å²) >= 11 is 3.36. The number of azo groups is 1. The number of aromatic amines is 2. The first-order valence-corrected chi connectivity index (χ1v) is 10.9. The number of halogens is 1. The number of amides is 1. The molecule has 5 aromatic rings. The van der Waals surface area contributed by atoms with Crippen molar-refractivity contribution in [2.24, 2.45) is 10.2 Å². The summed E-state index contributed by atoms with van der Waals surface area (Å²) in [7, 11) is 0. The van der Waals surface area contributed by atoms with Crippen molar-refractivity contribution in [1.29, 1.82) is 0 Å². The van der Waals surface area contributed by atoms with Gasteiger partial charge in [0.2, 0.25) is 5.88 Å². The Morgan fingerprint density at radius 3 is 2.65 bits per heavy atom. The van der Waals surface area contributed by atoms with E-state index in [1.165, 1.54) is 0 Å². The maximum Gasteiger partial charge on any atom is 0.302 e. The van der Waals surface area contributed by atoms with E-state index in [1.807, 2.05) is 12.1 Å². The molecule has 1 amide bonds. The molecule has 0 aliphatic carbocycles. The number of rotatable bonds is 5. The third kappa shape index (κ3) is 4.30. The van der Waals surface area contributed by atoms with E-state index in [0.29, 0.717) is 38.9 Å². The Balaban J connectivity index is 1.26. The van der Waals surface area contributed by atoms with E-state index < -0.39 is 5.91 Å². The van der Waals surface area contributed by atoms with Crippen LogP contribution in [0.3, 0.4) is 0 Å². The molecular formula is C24H16BrN5O4. The number of hydrogen-bond acceptors (Lipinski definition) is 6. The summed E-state index contributed by atoms with van der Waals surface area (Å²) < 4.78 is 6.29. The first kappa shape index (κ1) is 21.5. The molecular weight excluding hydrogens is 502 g/mol. The van der Waals surface area contributed by atoms with Crippen LogP contribution in [0.15, 0.2) is 86.2 Å². The third-order valence-corrected chi connectivity index (χ3v) is 5.57. The van der Waals surface area contributed by atoms with Crippen molar-refractivity contribution in [2.45, 2.75) is 0 Å². The monoisotopic (exact) mass is 517 g/mol. The van der Waals surface area contributed by atoms with E-state index in [-0.39, 0.29) is 23.7 Å². The van der Waals surface area contributed by atoms with Gasteiger partial charge in [-0.15, -0.1) is 10.2 Å². The average molecular weight is 518 g/mol. The van der Waals surface area contributed by atoms with Crippen LogP contribution in [0.4, 0.5) is 5.69 Å². The van der Waals surface area contributed by atoms with Crippen molar-refractivity contribution in [3.05, 3.63) is 81.6 Å². The smallest absolute Gasteiger partial charge is 0.302 e. The van der Waals surface area contributed by atoms with Crippen LogP contribution in [0.1, 0.15) is 0 Å². The molecule has 9 nitrogen and oxygen atoms in total. The van der Waals surface area contributed by atoms with E-state index in [0.717, 1.165) is 4.47 Å².